The van der Waals surface area contributed by atoms with Crippen LogP contribution in [0.15, 0.2) is 0 Å². The molecule has 1 heterocycles. The van der Waals surface area contributed by atoms with E-state index in [9.17, 15) is 4.79 Å². The number of H-pyrrole nitrogens is 1. The van der Waals surface area contributed by atoms with E-state index in [1.165, 1.54) is 0 Å². The summed E-state index contributed by atoms with van der Waals surface area (Å²) >= 11 is 0. The monoisotopic (exact) mass is 268 g/mol. The summed E-state index contributed by atoms with van der Waals surface area (Å²) in [6.45, 7) is 6.66. The molecule has 1 aromatic rings. The number of tetrazole rings is 1. The van der Waals surface area contributed by atoms with Gasteiger partial charge in [0.15, 0.2) is 5.82 Å². The van der Waals surface area contributed by atoms with Crippen LogP contribution >= 0.6 is 0 Å². The zero-order valence-corrected chi connectivity index (χ0v) is 11.4. The lowest BCUT2D eigenvalue weighted by molar-refractivity contribution is -0.170. The van der Waals surface area contributed by atoms with Crippen LogP contribution in [0.5, 0.6) is 0 Å². The molecule has 19 heavy (non-hydrogen) atoms. The van der Waals surface area contributed by atoms with Crippen molar-refractivity contribution in [2.24, 2.45) is 11.1 Å². The van der Waals surface area contributed by atoms with Crippen molar-refractivity contribution in [2.45, 2.75) is 45.4 Å². The lowest BCUT2D eigenvalue weighted by Crippen LogP contribution is -2.75. The molecular weight excluding hydrogens is 248 g/mol. The van der Waals surface area contributed by atoms with Crippen LogP contribution in [-0.4, -0.2) is 44.8 Å². The number of ether oxygens (including phenoxy) is 1. The number of aromatic nitrogens is 4. The number of nitrogens with zero attached hydrogens (tertiary/aromatic N) is 3. The lowest BCUT2D eigenvalue weighted by Gasteiger charge is -2.57. The summed E-state index contributed by atoms with van der Waals surface area (Å²) in [5.74, 6) is 0.216. The maximum atomic E-state index is 12.2. The van der Waals surface area contributed by atoms with Crippen LogP contribution in [0.2, 0.25) is 0 Å². The van der Waals surface area contributed by atoms with Gasteiger partial charge in [0.2, 0.25) is 5.91 Å². The number of amides is 1. The van der Waals surface area contributed by atoms with E-state index >= 15 is 0 Å². The van der Waals surface area contributed by atoms with Crippen LogP contribution in [0.25, 0.3) is 0 Å². The second-order valence-electron chi connectivity index (χ2n) is 5.35. The van der Waals surface area contributed by atoms with Crippen LogP contribution in [0.3, 0.4) is 0 Å². The van der Waals surface area contributed by atoms with Crippen molar-refractivity contribution in [2.75, 3.05) is 6.61 Å². The first-order valence-electron chi connectivity index (χ1n) is 6.33. The Hall–Kier alpha value is -1.54. The predicted octanol–water partition coefficient (Wildman–Crippen LogP) is -0.652. The van der Waals surface area contributed by atoms with Gasteiger partial charge in [-0.2, -0.15) is 5.21 Å². The summed E-state index contributed by atoms with van der Waals surface area (Å²) in [6, 6.07) is 0. The van der Waals surface area contributed by atoms with Gasteiger partial charge in [0.05, 0.1) is 12.6 Å². The van der Waals surface area contributed by atoms with Crippen LogP contribution < -0.4 is 11.1 Å². The van der Waals surface area contributed by atoms with E-state index in [-0.39, 0.29) is 18.6 Å². The van der Waals surface area contributed by atoms with Gasteiger partial charge in [0, 0.05) is 18.4 Å². The maximum Gasteiger partial charge on any atom is 0.241 e. The first kappa shape index (κ1) is 13.9. The molecular formula is C11H20N6O2. The first-order chi connectivity index (χ1) is 8.91. The zero-order valence-electron chi connectivity index (χ0n) is 11.4. The molecule has 1 aliphatic carbocycles. The predicted molar refractivity (Wildman–Crippen MR) is 66.8 cm³/mol. The van der Waals surface area contributed by atoms with Crippen LogP contribution in [0, 0.1) is 5.41 Å². The average molecular weight is 268 g/mol. The number of carbonyl (C=O) groups is 1. The van der Waals surface area contributed by atoms with Gasteiger partial charge in [-0.1, -0.05) is 19.1 Å². The summed E-state index contributed by atoms with van der Waals surface area (Å²) < 4.78 is 5.59. The van der Waals surface area contributed by atoms with E-state index < -0.39 is 11.0 Å². The summed E-state index contributed by atoms with van der Waals surface area (Å²) in [4.78, 5) is 12.2. The fourth-order valence-corrected chi connectivity index (χ4v) is 2.40. The molecule has 2 rings (SSSR count). The molecule has 1 amide bonds. The highest BCUT2D eigenvalue weighted by Crippen LogP contribution is 2.49. The third-order valence-electron chi connectivity index (χ3n) is 4.03. The Bertz CT molecular complexity index is 446. The second-order valence-corrected chi connectivity index (χ2v) is 5.35. The highest BCUT2D eigenvalue weighted by atomic mass is 16.5. The Labute approximate surface area is 111 Å². The van der Waals surface area contributed by atoms with Crippen LogP contribution in [0.4, 0.5) is 0 Å². The average Bonchev–Trinajstić information content (AvgIpc) is 2.88. The van der Waals surface area contributed by atoms with E-state index in [0.717, 1.165) is 0 Å². The Morgan fingerprint density at radius 1 is 1.63 bits per heavy atom. The fourth-order valence-electron chi connectivity index (χ4n) is 2.40. The second kappa shape index (κ2) is 4.86. The number of nitrogens with one attached hydrogen (secondary N) is 2. The normalized spacial score (nSPS) is 28.7. The minimum Gasteiger partial charge on any atom is -0.378 e. The summed E-state index contributed by atoms with van der Waals surface area (Å²) in [5.41, 5.74) is 4.91. The van der Waals surface area contributed by atoms with E-state index in [2.05, 4.69) is 25.9 Å². The maximum absolute atomic E-state index is 12.2. The summed E-state index contributed by atoms with van der Waals surface area (Å²) in [5, 5.41) is 16.0. The molecule has 2 atom stereocenters. The highest BCUT2D eigenvalue weighted by Gasteiger charge is 2.62. The van der Waals surface area contributed by atoms with Crippen molar-refractivity contribution in [3.8, 4) is 0 Å². The number of aromatic amines is 1. The summed E-state index contributed by atoms with van der Waals surface area (Å²) in [6.07, 6.45) is 0.532. The molecule has 8 nitrogen and oxygen atoms in total. The van der Waals surface area contributed by atoms with Crippen molar-refractivity contribution >= 4 is 5.91 Å². The number of hydrogen-bond acceptors (Lipinski definition) is 6. The SMILES string of the molecule is CCOC1CC(N)(C(=O)NCc2nn[nH]n2)C1(C)C. The zero-order chi connectivity index (χ0) is 14.1. The van der Waals surface area contributed by atoms with Gasteiger partial charge >= 0.3 is 0 Å². The molecule has 0 radical (unpaired) electrons. The molecule has 0 aromatic carbocycles. The van der Waals surface area contributed by atoms with Gasteiger partial charge < -0.3 is 15.8 Å². The van der Waals surface area contributed by atoms with Gasteiger partial charge in [-0.25, -0.2) is 0 Å². The van der Waals surface area contributed by atoms with Crippen molar-refractivity contribution in [1.82, 2.24) is 25.9 Å². The molecule has 8 heteroatoms. The molecule has 0 bridgehead atoms. The molecule has 1 saturated carbocycles. The molecule has 0 saturated heterocycles. The van der Waals surface area contributed by atoms with E-state index in [1.807, 2.05) is 20.8 Å². The smallest absolute Gasteiger partial charge is 0.241 e. The molecule has 1 fully saturated rings. The minimum atomic E-state index is -0.920. The summed E-state index contributed by atoms with van der Waals surface area (Å²) in [7, 11) is 0. The standard InChI is InChI=1S/C11H20N6O2/c1-4-19-7-5-11(12,10(7,2)3)9(18)13-6-8-14-16-17-15-8/h7H,4-6,12H2,1-3H3,(H,13,18)(H,14,15,16,17). The quantitative estimate of drug-likeness (QED) is 0.653. The van der Waals surface area contributed by atoms with Crippen LogP contribution in [-0.2, 0) is 16.1 Å². The van der Waals surface area contributed by atoms with Crippen molar-refractivity contribution < 1.29 is 9.53 Å². The van der Waals surface area contributed by atoms with Crippen molar-refractivity contribution in [3.63, 3.8) is 0 Å². The number of carbonyl (C=O) groups excluding carboxylic acids is 1. The van der Waals surface area contributed by atoms with Gasteiger partial charge in [-0.3, -0.25) is 4.79 Å². The molecule has 0 spiro atoms. The molecule has 0 aliphatic heterocycles. The third kappa shape index (κ3) is 2.21. The molecule has 2 unspecified atom stereocenters. The molecule has 1 aliphatic rings. The van der Waals surface area contributed by atoms with E-state index in [0.29, 0.717) is 18.9 Å². The van der Waals surface area contributed by atoms with Gasteiger partial charge in [0.1, 0.15) is 5.54 Å². The van der Waals surface area contributed by atoms with Gasteiger partial charge in [-0.15, -0.1) is 10.2 Å². The Morgan fingerprint density at radius 3 is 2.89 bits per heavy atom. The fraction of sp³-hybridized carbons (Fsp3) is 0.818. The molecule has 1 aromatic heterocycles. The minimum absolute atomic E-state index is 0.0124. The highest BCUT2D eigenvalue weighted by molar-refractivity contribution is 5.88. The first-order valence-corrected chi connectivity index (χ1v) is 6.33. The Morgan fingerprint density at radius 2 is 2.37 bits per heavy atom. The van der Waals surface area contributed by atoms with Crippen molar-refractivity contribution in [1.29, 1.82) is 0 Å². The topological polar surface area (TPSA) is 119 Å². The molecule has 106 valence electrons. The largest absolute Gasteiger partial charge is 0.378 e. The van der Waals surface area contributed by atoms with E-state index in [4.69, 9.17) is 10.5 Å². The number of hydrogen-bond donors (Lipinski definition) is 3. The van der Waals surface area contributed by atoms with Gasteiger partial charge in [-0.05, 0) is 6.92 Å². The van der Waals surface area contributed by atoms with Gasteiger partial charge in [0.25, 0.3) is 0 Å². The Balaban J connectivity index is 1.95. The Kier molecular flexibility index (Phi) is 3.55. The van der Waals surface area contributed by atoms with Crippen LogP contribution in [0.1, 0.15) is 33.0 Å². The number of rotatable bonds is 5. The number of nitrogens with two attached hydrogens (primary N) is 1. The third-order valence-corrected chi connectivity index (χ3v) is 4.03. The van der Waals surface area contributed by atoms with Crippen molar-refractivity contribution in [3.05, 3.63) is 5.82 Å². The van der Waals surface area contributed by atoms with E-state index in [1.54, 1.807) is 0 Å². The molecule has 4 N–H and O–H groups in total. The lowest BCUT2D eigenvalue weighted by atomic mass is 9.54.